The van der Waals surface area contributed by atoms with Gasteiger partial charge in [-0.05, 0) is 12.8 Å². The van der Waals surface area contributed by atoms with Crippen LogP contribution >= 0.6 is 0 Å². The molecular weight excluding hydrogens is 272 g/mol. The number of unbranched alkanes of at least 4 members (excludes halogenated alkanes) is 11. The summed E-state index contributed by atoms with van der Waals surface area (Å²) >= 11 is 0. The Kier molecular flexibility index (Phi) is 18.9. The topological polar surface area (TPSA) is 29.1 Å². The second kappa shape index (κ2) is 19.0. The Hall–Kier alpha value is -0.0800. The van der Waals surface area contributed by atoms with E-state index in [1.165, 1.54) is 77.0 Å². The molecule has 0 heterocycles. The highest BCUT2D eigenvalue weighted by atomic mass is 16.5. The molecule has 0 spiro atoms. The highest BCUT2D eigenvalue weighted by Gasteiger charge is 2.07. The molecule has 0 aromatic heterocycles. The summed E-state index contributed by atoms with van der Waals surface area (Å²) in [5, 5.41) is 10.5. The lowest BCUT2D eigenvalue weighted by molar-refractivity contribution is 0.00301. The molecule has 0 bridgehead atoms. The lowest BCUT2D eigenvalue weighted by atomic mass is 10.0. The molecule has 0 fully saturated rings. The Balaban J connectivity index is 3.23. The van der Waals surface area contributed by atoms with Crippen LogP contribution in [0.1, 0.15) is 110 Å². The van der Waals surface area contributed by atoms with Crippen LogP contribution in [0.2, 0.25) is 0 Å². The van der Waals surface area contributed by atoms with Crippen LogP contribution < -0.4 is 0 Å². The molecule has 1 unspecified atom stereocenters. The van der Waals surface area contributed by atoms with E-state index in [1.54, 1.807) is 0 Å². The molecule has 133 valence electrons. The van der Waals surface area contributed by atoms with Crippen LogP contribution in [0.4, 0.5) is 0 Å². The normalized spacial score (nSPS) is 12.7. The maximum Gasteiger partial charge on any atom is 0.106 e. The SMILES string of the molecule is CCCCCCCCCCCCCCC(CCC)OCC[O]. The maximum atomic E-state index is 10.5. The van der Waals surface area contributed by atoms with Crippen molar-refractivity contribution in [3.63, 3.8) is 0 Å². The van der Waals surface area contributed by atoms with Gasteiger partial charge in [-0.2, -0.15) is 0 Å². The van der Waals surface area contributed by atoms with Gasteiger partial charge in [0.15, 0.2) is 0 Å². The third-order valence-electron chi connectivity index (χ3n) is 4.43. The zero-order chi connectivity index (χ0) is 16.3. The van der Waals surface area contributed by atoms with Crippen molar-refractivity contribution in [2.75, 3.05) is 13.2 Å². The van der Waals surface area contributed by atoms with E-state index in [0.717, 1.165) is 19.3 Å². The predicted octanol–water partition coefficient (Wildman–Crippen LogP) is 6.69. The largest absolute Gasteiger partial charge is 0.376 e. The molecule has 0 saturated heterocycles. The average molecular weight is 314 g/mol. The van der Waals surface area contributed by atoms with Crippen LogP contribution in [0.5, 0.6) is 0 Å². The van der Waals surface area contributed by atoms with Gasteiger partial charge in [-0.15, -0.1) is 0 Å². The van der Waals surface area contributed by atoms with Gasteiger partial charge in [0, 0.05) is 0 Å². The van der Waals surface area contributed by atoms with Crippen molar-refractivity contribution in [2.45, 2.75) is 116 Å². The minimum Gasteiger partial charge on any atom is -0.376 e. The van der Waals surface area contributed by atoms with Crippen molar-refractivity contribution in [1.82, 2.24) is 0 Å². The summed E-state index contributed by atoms with van der Waals surface area (Å²) in [7, 11) is 0. The molecular formula is C20H41O2. The predicted molar refractivity (Wildman–Crippen MR) is 95.9 cm³/mol. The molecule has 1 radical (unpaired) electrons. The first-order valence-corrected chi connectivity index (χ1v) is 10.0. The van der Waals surface area contributed by atoms with E-state index in [2.05, 4.69) is 13.8 Å². The van der Waals surface area contributed by atoms with Crippen molar-refractivity contribution in [2.24, 2.45) is 0 Å². The summed E-state index contributed by atoms with van der Waals surface area (Å²) in [5.41, 5.74) is 0. The number of hydrogen-bond donors (Lipinski definition) is 0. The lowest BCUT2D eigenvalue weighted by Gasteiger charge is -2.16. The summed E-state index contributed by atoms with van der Waals surface area (Å²) in [6.07, 6.45) is 20.5. The molecule has 22 heavy (non-hydrogen) atoms. The van der Waals surface area contributed by atoms with E-state index in [0.29, 0.717) is 12.7 Å². The zero-order valence-electron chi connectivity index (χ0n) is 15.4. The summed E-state index contributed by atoms with van der Waals surface area (Å²) in [6, 6.07) is 0. The summed E-state index contributed by atoms with van der Waals surface area (Å²) in [6.45, 7) is 4.76. The smallest absolute Gasteiger partial charge is 0.106 e. The monoisotopic (exact) mass is 313 g/mol. The van der Waals surface area contributed by atoms with Gasteiger partial charge in [-0.1, -0.05) is 97.3 Å². The molecule has 0 saturated carbocycles. The number of hydrogen-bond acceptors (Lipinski definition) is 1. The van der Waals surface area contributed by atoms with Gasteiger partial charge in [0.05, 0.1) is 12.7 Å². The molecule has 0 aliphatic rings. The minimum absolute atomic E-state index is 0.0986. The van der Waals surface area contributed by atoms with E-state index in [9.17, 15) is 5.11 Å². The molecule has 0 aliphatic heterocycles. The van der Waals surface area contributed by atoms with Crippen molar-refractivity contribution in [3.05, 3.63) is 0 Å². The Morgan fingerprint density at radius 1 is 0.636 bits per heavy atom. The van der Waals surface area contributed by atoms with Gasteiger partial charge in [-0.25, -0.2) is 5.11 Å². The van der Waals surface area contributed by atoms with Gasteiger partial charge in [0.1, 0.15) is 6.61 Å². The molecule has 0 rings (SSSR count). The highest BCUT2D eigenvalue weighted by molar-refractivity contribution is 4.58. The molecule has 2 nitrogen and oxygen atoms in total. The third kappa shape index (κ3) is 16.3. The zero-order valence-corrected chi connectivity index (χ0v) is 15.4. The van der Waals surface area contributed by atoms with E-state index < -0.39 is 0 Å². The van der Waals surface area contributed by atoms with Crippen molar-refractivity contribution in [1.29, 1.82) is 0 Å². The van der Waals surface area contributed by atoms with Gasteiger partial charge in [0.25, 0.3) is 0 Å². The quantitative estimate of drug-likeness (QED) is 0.259. The second-order valence-corrected chi connectivity index (χ2v) is 6.66. The molecule has 1 atom stereocenters. The van der Waals surface area contributed by atoms with Crippen molar-refractivity contribution < 1.29 is 9.84 Å². The molecule has 0 aliphatic carbocycles. The fourth-order valence-electron chi connectivity index (χ4n) is 3.06. The molecule has 2 heteroatoms. The first-order valence-electron chi connectivity index (χ1n) is 10.0. The Morgan fingerprint density at radius 2 is 1.14 bits per heavy atom. The average Bonchev–Trinajstić information content (AvgIpc) is 2.53. The van der Waals surface area contributed by atoms with Crippen LogP contribution in [-0.2, 0) is 9.84 Å². The maximum absolute atomic E-state index is 10.5. The summed E-state index contributed by atoms with van der Waals surface area (Å²) < 4.78 is 5.62. The Bertz CT molecular complexity index is 194. The van der Waals surface area contributed by atoms with E-state index in [-0.39, 0.29) is 6.61 Å². The third-order valence-corrected chi connectivity index (χ3v) is 4.43. The first kappa shape index (κ1) is 21.9. The Labute approximate surface area is 140 Å². The lowest BCUT2D eigenvalue weighted by Crippen LogP contribution is -2.14. The molecule has 0 N–H and O–H groups in total. The molecule has 0 amide bonds. The highest BCUT2D eigenvalue weighted by Crippen LogP contribution is 2.15. The molecule has 0 aromatic carbocycles. The fraction of sp³-hybridized carbons (Fsp3) is 1.00. The fourth-order valence-corrected chi connectivity index (χ4v) is 3.06. The van der Waals surface area contributed by atoms with Gasteiger partial charge in [0.2, 0.25) is 0 Å². The summed E-state index contributed by atoms with van der Waals surface area (Å²) in [4.78, 5) is 0. The van der Waals surface area contributed by atoms with Gasteiger partial charge < -0.3 is 4.74 Å². The number of ether oxygens (including phenoxy) is 1. The van der Waals surface area contributed by atoms with E-state index >= 15 is 0 Å². The molecule has 0 aromatic rings. The van der Waals surface area contributed by atoms with Crippen LogP contribution in [0.3, 0.4) is 0 Å². The van der Waals surface area contributed by atoms with Gasteiger partial charge >= 0.3 is 0 Å². The van der Waals surface area contributed by atoms with Crippen molar-refractivity contribution >= 4 is 0 Å². The van der Waals surface area contributed by atoms with Crippen LogP contribution in [0.15, 0.2) is 0 Å². The van der Waals surface area contributed by atoms with Gasteiger partial charge in [-0.3, -0.25) is 0 Å². The standard InChI is InChI=1S/C20H41O2/c1-3-5-6-7-8-9-10-11-12-13-14-15-17-20(16-4-2)22-19-18-21/h20H,3-19H2,1-2H3. The van der Waals surface area contributed by atoms with E-state index in [1.807, 2.05) is 0 Å². The van der Waals surface area contributed by atoms with Crippen LogP contribution in [-0.4, -0.2) is 19.3 Å². The van der Waals surface area contributed by atoms with Crippen LogP contribution in [0, 0.1) is 0 Å². The Morgan fingerprint density at radius 3 is 1.59 bits per heavy atom. The summed E-state index contributed by atoms with van der Waals surface area (Å²) in [5.74, 6) is 0. The minimum atomic E-state index is -0.0986. The van der Waals surface area contributed by atoms with Crippen LogP contribution in [0.25, 0.3) is 0 Å². The van der Waals surface area contributed by atoms with E-state index in [4.69, 9.17) is 4.74 Å². The van der Waals surface area contributed by atoms with Crippen molar-refractivity contribution in [3.8, 4) is 0 Å². The number of rotatable bonds is 18. The second-order valence-electron chi connectivity index (χ2n) is 6.66. The first-order chi connectivity index (χ1) is 10.8.